The Labute approximate surface area is 582 Å². The molecule has 0 aliphatic carbocycles. The van der Waals surface area contributed by atoms with Crippen LogP contribution in [-0.2, 0) is 86.3 Å². The first-order chi connectivity index (χ1) is 46.9. The third-order valence-corrected chi connectivity index (χ3v) is 16.6. The maximum absolute atomic E-state index is 14.8. The molecule has 1 rings (SSSR count). The summed E-state index contributed by atoms with van der Waals surface area (Å²) < 4.78 is 0. The van der Waals surface area contributed by atoms with Crippen LogP contribution < -0.4 is 69.5 Å². The van der Waals surface area contributed by atoms with Crippen molar-refractivity contribution >= 4 is 114 Å². The minimum absolute atomic E-state index is 0.0709. The maximum atomic E-state index is 14.8. The molecule has 1 aliphatic heterocycles. The van der Waals surface area contributed by atoms with Crippen LogP contribution in [0.2, 0.25) is 0 Å². The quantitative estimate of drug-likeness (QED) is 0.00786. The highest BCUT2D eigenvalue weighted by Crippen LogP contribution is 2.32. The van der Waals surface area contributed by atoms with Gasteiger partial charge in [0.05, 0.1) is 78.0 Å². The number of nitrogens with two attached hydrogens (primary N) is 1. The predicted molar refractivity (Wildman–Crippen MR) is 362 cm³/mol. The van der Waals surface area contributed by atoms with E-state index in [0.29, 0.717) is 31.6 Å². The van der Waals surface area contributed by atoms with Gasteiger partial charge in [0.2, 0.25) is 29.5 Å². The van der Waals surface area contributed by atoms with Gasteiger partial charge in [0.1, 0.15) is 62.4 Å². The summed E-state index contributed by atoms with van der Waals surface area (Å²) in [4.78, 5) is 239. The van der Waals surface area contributed by atoms with E-state index in [0.717, 1.165) is 0 Å². The lowest BCUT2D eigenvalue weighted by Crippen LogP contribution is -2.60. The van der Waals surface area contributed by atoms with E-state index in [9.17, 15) is 96.5 Å². The van der Waals surface area contributed by atoms with E-state index in [-0.39, 0.29) is 88.8 Å². The number of guanidine groups is 1. The Hall–Kier alpha value is -8.57. The number of aliphatic carboxylic acids is 2. The number of aldehydes is 6. The maximum Gasteiger partial charge on any atom is 0.305 e. The highest BCUT2D eigenvalue weighted by Gasteiger charge is 2.43. The van der Waals surface area contributed by atoms with Gasteiger partial charge in [-0.2, -0.15) is 0 Å². The normalized spacial score (nSPS) is 22.0. The van der Waals surface area contributed by atoms with Gasteiger partial charge in [-0.05, 0) is 90.4 Å². The molecule has 1 aliphatic rings. The number of hydrogen-bond donors (Lipinski definition) is 16. The van der Waals surface area contributed by atoms with Gasteiger partial charge in [-0.1, -0.05) is 60.6 Å². The molecule has 0 unspecified atom stereocenters. The number of hydrogen-bond acceptors (Lipinski definition) is 25. The Balaban J connectivity index is 4.01. The van der Waals surface area contributed by atoms with E-state index >= 15 is 0 Å². The van der Waals surface area contributed by atoms with Crippen molar-refractivity contribution in [3.63, 3.8) is 0 Å². The zero-order chi connectivity index (χ0) is 76.0. The first-order valence-electron chi connectivity index (χ1n) is 33.6. The molecule has 5 amide bonds. The van der Waals surface area contributed by atoms with Crippen LogP contribution in [0.3, 0.4) is 0 Å². The minimum Gasteiger partial charge on any atom is -0.481 e. The molecule has 0 spiro atoms. The predicted octanol–water partition coefficient (Wildman–Crippen LogP) is -1.98. The zero-order valence-electron chi connectivity index (χ0n) is 58.8. The van der Waals surface area contributed by atoms with Crippen LogP contribution >= 0.6 is 0 Å². The van der Waals surface area contributed by atoms with Crippen LogP contribution in [0.5, 0.6) is 0 Å². The molecular weight excluding hydrogens is 1310 g/mol. The third-order valence-electron chi connectivity index (χ3n) is 16.6. The fraction of sp³-hybridized carbons (Fsp3) is 0.682. The topological polar surface area (TPSA) is 542 Å². The van der Waals surface area contributed by atoms with Gasteiger partial charge in [0, 0.05) is 45.1 Å². The molecule has 15 atom stereocenters. The van der Waals surface area contributed by atoms with Crippen LogP contribution in [0.25, 0.3) is 0 Å². The Morgan fingerprint density at radius 3 is 1.74 bits per heavy atom. The number of Topliss-reactive ketones (excluding diaryl/α,β-unsaturated/α-hetero) is 5. The Morgan fingerprint density at radius 1 is 0.630 bits per heavy atom. The molecule has 0 saturated carbocycles. The Bertz CT molecular complexity index is 2890. The van der Waals surface area contributed by atoms with Crippen molar-refractivity contribution < 1.29 is 96.5 Å². The van der Waals surface area contributed by atoms with Crippen molar-refractivity contribution in [3.8, 4) is 0 Å². The lowest BCUT2D eigenvalue weighted by atomic mass is 9.78. The Morgan fingerprint density at radius 2 is 1.20 bits per heavy atom. The summed E-state index contributed by atoms with van der Waals surface area (Å²) in [7, 11) is 0. The second kappa shape index (κ2) is 46.0. The first-order valence-corrected chi connectivity index (χ1v) is 33.6. The lowest BCUT2D eigenvalue weighted by Gasteiger charge is -2.33. The summed E-state index contributed by atoms with van der Waals surface area (Å²) >= 11 is 0. The van der Waals surface area contributed by atoms with Gasteiger partial charge < -0.3 is 76.6 Å². The number of carboxylic acids is 2. The number of carbonyl (C=O) groups is 18. The fourth-order valence-corrected chi connectivity index (χ4v) is 10.6. The number of carboxylic acid groups (broad SMARTS) is 2. The highest BCUT2D eigenvalue weighted by atomic mass is 16.4. The second-order valence-corrected chi connectivity index (χ2v) is 26.5. The molecule has 34 nitrogen and oxygen atoms in total. The SMILES string of the molecule is CCC(=O)[C@@H](NC(=O)[C@@H](CC(=O)[C@H](C)NC(=O)[C@]1(C)CCC/C=C\CCC[C@](C)(CC(=O)[C@@H](NC(=O)[C@@H](C)N[C@H](C=O)CC(C)C)N[C@@H](C)C=O)C(=O)N[C@@H](N[C@H](C=O)C(C)C)C(=O)CCC(=O)N[C@@H](N[C@H](C=O)CC(=O)O)C(=O)C1)N[C@H](C=O)CC(=O)O)N[C@H](C=O)CCCNC(=N)N. The lowest BCUT2D eigenvalue weighted by molar-refractivity contribution is -0.140. The van der Waals surface area contributed by atoms with E-state index in [4.69, 9.17) is 11.1 Å². The molecule has 0 radical (unpaired) electrons. The largest absolute Gasteiger partial charge is 0.481 e. The zero-order valence-corrected chi connectivity index (χ0v) is 58.8. The van der Waals surface area contributed by atoms with Crippen LogP contribution in [0.15, 0.2) is 12.2 Å². The first kappa shape index (κ1) is 89.4. The van der Waals surface area contributed by atoms with E-state index in [1.165, 1.54) is 41.5 Å². The number of carbonyl (C=O) groups excluding carboxylic acids is 16. The molecule has 0 bridgehead atoms. The molecule has 0 aromatic carbocycles. The number of nitrogens with one attached hydrogen (secondary N) is 13. The molecule has 34 heteroatoms. The fourth-order valence-electron chi connectivity index (χ4n) is 10.6. The van der Waals surface area contributed by atoms with Gasteiger partial charge in [0.15, 0.2) is 34.9 Å². The number of allylic oxidation sites excluding steroid dienone is 2. The average Bonchev–Trinajstić information content (AvgIpc) is 0.847. The standard InChI is InChI=1S/C66H106N14O20/c1-11-48(87)56(74-42(32-82)19-18-24-69-64(67)68)79-61(98)46(73-44(34-84)26-54(93)94)28-50(89)40(7)72-62(99)65(9)22-16-14-12-13-15-17-23-66(10,29-51(90)58(70-39(6)31-81)78-60(97)41(8)71-43(33-83)25-37(2)3)63(100)80-57(76-47(36-86)38(4)5)49(88)20-21-53(92)77-59(52(91)30-65)75-45(35-85)27-55(95)96/h12-13,31-47,56-59,70-71,73-76H,11,14-30H2,1-10H3,(H,72,99)(H,77,92)(H,78,97)(H,79,98)(H,80,100)(H,93,94)(H,95,96)(H4,67,68,69)/b13-12-/t39-,40-,41+,42-,43-,44-,45-,46+,47+,56+,57+,58+,59+,65+,66+/m0/s1. The van der Waals surface area contributed by atoms with Gasteiger partial charge in [-0.25, -0.2) is 0 Å². The number of rotatable bonds is 43. The van der Waals surface area contributed by atoms with Crippen LogP contribution in [0, 0.1) is 28.1 Å². The average molecular weight is 1420 g/mol. The summed E-state index contributed by atoms with van der Waals surface area (Å²) in [6, 6.07) is -11.5. The summed E-state index contributed by atoms with van der Waals surface area (Å²) in [5, 5.41) is 57.8. The van der Waals surface area contributed by atoms with Crippen molar-refractivity contribution in [1.82, 2.24) is 63.8 Å². The summed E-state index contributed by atoms with van der Waals surface area (Å²) in [6.45, 7) is 15.5. The molecule has 0 aromatic rings. The molecule has 0 aromatic heterocycles. The van der Waals surface area contributed by atoms with Gasteiger partial charge in [0.25, 0.3) is 0 Å². The number of amides is 5. The Kier molecular flexibility index (Phi) is 41.1. The van der Waals surface area contributed by atoms with Crippen LogP contribution in [0.1, 0.15) is 178 Å². The van der Waals surface area contributed by atoms with Gasteiger partial charge >= 0.3 is 11.9 Å². The molecule has 0 saturated heterocycles. The van der Waals surface area contributed by atoms with Gasteiger partial charge in [-0.3, -0.25) is 94.8 Å². The summed E-state index contributed by atoms with van der Waals surface area (Å²) in [5.41, 5.74) is 1.74. The van der Waals surface area contributed by atoms with Crippen molar-refractivity contribution in [2.75, 3.05) is 6.54 Å². The minimum atomic E-state index is -1.95. The second-order valence-electron chi connectivity index (χ2n) is 26.5. The van der Waals surface area contributed by atoms with Crippen LogP contribution in [-0.4, -0.2) is 210 Å². The molecule has 560 valence electrons. The van der Waals surface area contributed by atoms with E-state index in [1.54, 1.807) is 26.0 Å². The van der Waals surface area contributed by atoms with Crippen molar-refractivity contribution in [3.05, 3.63) is 12.2 Å². The third kappa shape index (κ3) is 33.5. The van der Waals surface area contributed by atoms with Crippen molar-refractivity contribution in [1.29, 1.82) is 5.41 Å². The highest BCUT2D eigenvalue weighted by molar-refractivity contribution is 6.00. The van der Waals surface area contributed by atoms with E-state index in [1.807, 2.05) is 13.8 Å². The molecule has 0 fully saturated rings. The van der Waals surface area contributed by atoms with Crippen molar-refractivity contribution in [2.24, 2.45) is 28.4 Å². The van der Waals surface area contributed by atoms with E-state index in [2.05, 4.69) is 63.8 Å². The molecule has 1 heterocycles. The van der Waals surface area contributed by atoms with Crippen LogP contribution in [0.4, 0.5) is 0 Å². The summed E-state index contributed by atoms with van der Waals surface area (Å²) in [6.07, 6.45) is -5.49. The van der Waals surface area contributed by atoms with Crippen molar-refractivity contribution in [2.45, 2.75) is 257 Å². The van der Waals surface area contributed by atoms with Gasteiger partial charge in [-0.15, -0.1) is 0 Å². The molecule has 17 N–H and O–H groups in total. The molecule has 100 heavy (non-hydrogen) atoms. The monoisotopic (exact) mass is 1410 g/mol. The van der Waals surface area contributed by atoms with E-state index < -0.39 is 211 Å². The smallest absolute Gasteiger partial charge is 0.305 e. The molecular formula is C66H106N14O20. The summed E-state index contributed by atoms with van der Waals surface area (Å²) in [5.74, 6) is -12.7. The number of ketones is 5.